The van der Waals surface area contributed by atoms with Gasteiger partial charge >= 0.3 is 0 Å². The van der Waals surface area contributed by atoms with Gasteiger partial charge in [-0.2, -0.15) is 4.72 Å². The van der Waals surface area contributed by atoms with Crippen LogP contribution in [-0.2, 0) is 20.6 Å². The number of hydrogen-bond acceptors (Lipinski definition) is 5. The normalized spacial score (nSPS) is 12.8. The van der Waals surface area contributed by atoms with Crippen LogP contribution in [0.2, 0.25) is 0 Å². The summed E-state index contributed by atoms with van der Waals surface area (Å²) in [7, 11) is -3.91. The standard InChI is InChI=1S/C17H15FN2O4S2/c18-14-4-2-12(3-5-14)16(17(21)19-22)20-26(23,24)10-11-1-6-15-13(9-11)7-8-25-15/h1-9,16,20,22H,10H2,(H,19,21). The zero-order valence-electron chi connectivity index (χ0n) is 13.3. The van der Waals surface area contributed by atoms with Crippen molar-refractivity contribution in [1.82, 2.24) is 10.2 Å². The Balaban J connectivity index is 1.84. The van der Waals surface area contributed by atoms with Crippen LogP contribution in [0.15, 0.2) is 53.9 Å². The van der Waals surface area contributed by atoms with Gasteiger partial charge in [0.15, 0.2) is 0 Å². The van der Waals surface area contributed by atoms with Crippen molar-refractivity contribution in [3.8, 4) is 0 Å². The first-order valence-electron chi connectivity index (χ1n) is 7.53. The summed E-state index contributed by atoms with van der Waals surface area (Å²) in [4.78, 5) is 11.9. The number of halogens is 1. The van der Waals surface area contributed by atoms with Gasteiger partial charge in [0.2, 0.25) is 10.0 Å². The number of sulfonamides is 1. The predicted molar refractivity (Wildman–Crippen MR) is 96.7 cm³/mol. The summed E-state index contributed by atoms with van der Waals surface area (Å²) in [6.45, 7) is 0. The van der Waals surface area contributed by atoms with Crippen LogP contribution in [0.3, 0.4) is 0 Å². The van der Waals surface area contributed by atoms with Crippen molar-refractivity contribution in [2.45, 2.75) is 11.8 Å². The Kier molecular flexibility index (Phi) is 5.33. The van der Waals surface area contributed by atoms with Crippen molar-refractivity contribution < 1.29 is 22.8 Å². The summed E-state index contributed by atoms with van der Waals surface area (Å²) >= 11 is 1.55. The Labute approximate surface area is 153 Å². The molecule has 136 valence electrons. The zero-order chi connectivity index (χ0) is 18.7. The van der Waals surface area contributed by atoms with Crippen LogP contribution in [0.5, 0.6) is 0 Å². The lowest BCUT2D eigenvalue weighted by Gasteiger charge is -2.17. The second kappa shape index (κ2) is 7.50. The summed E-state index contributed by atoms with van der Waals surface area (Å²) in [6, 6.07) is 10.6. The van der Waals surface area contributed by atoms with Crippen molar-refractivity contribution in [2.75, 3.05) is 0 Å². The van der Waals surface area contributed by atoms with Gasteiger partial charge in [0, 0.05) is 4.70 Å². The van der Waals surface area contributed by atoms with Crippen LogP contribution in [-0.4, -0.2) is 19.5 Å². The predicted octanol–water partition coefficient (Wildman–Crippen LogP) is 2.71. The fourth-order valence-electron chi connectivity index (χ4n) is 2.54. The molecule has 0 radical (unpaired) electrons. The molecular formula is C17H15FN2O4S2. The second-order valence-electron chi connectivity index (χ2n) is 5.63. The van der Waals surface area contributed by atoms with Gasteiger partial charge in [0.25, 0.3) is 5.91 Å². The van der Waals surface area contributed by atoms with Crippen LogP contribution in [0.4, 0.5) is 4.39 Å². The Morgan fingerprint density at radius 2 is 1.88 bits per heavy atom. The largest absolute Gasteiger partial charge is 0.289 e. The van der Waals surface area contributed by atoms with Crippen LogP contribution in [0.25, 0.3) is 10.1 Å². The van der Waals surface area contributed by atoms with E-state index in [-0.39, 0.29) is 11.3 Å². The number of thiophene rings is 1. The monoisotopic (exact) mass is 394 g/mol. The van der Waals surface area contributed by atoms with Crippen molar-refractivity contribution in [1.29, 1.82) is 0 Å². The quantitative estimate of drug-likeness (QED) is 0.442. The molecule has 0 spiro atoms. The maximum atomic E-state index is 13.1. The van der Waals surface area contributed by atoms with E-state index in [9.17, 15) is 17.6 Å². The molecule has 9 heteroatoms. The summed E-state index contributed by atoms with van der Waals surface area (Å²) in [5.41, 5.74) is 2.19. The number of benzene rings is 2. The van der Waals surface area contributed by atoms with Crippen LogP contribution < -0.4 is 10.2 Å². The molecule has 1 heterocycles. The molecule has 6 nitrogen and oxygen atoms in total. The molecule has 3 N–H and O–H groups in total. The highest BCUT2D eigenvalue weighted by Crippen LogP contribution is 2.23. The molecule has 2 aromatic carbocycles. The fourth-order valence-corrected chi connectivity index (χ4v) is 4.61. The highest BCUT2D eigenvalue weighted by molar-refractivity contribution is 7.88. The van der Waals surface area contributed by atoms with E-state index in [1.165, 1.54) is 17.6 Å². The summed E-state index contributed by atoms with van der Waals surface area (Å²) < 4.78 is 41.4. The Morgan fingerprint density at radius 1 is 1.15 bits per heavy atom. The molecule has 1 aromatic heterocycles. The van der Waals surface area contributed by atoms with Gasteiger partial charge < -0.3 is 0 Å². The number of hydroxylamine groups is 1. The van der Waals surface area contributed by atoms with Gasteiger partial charge in [0.05, 0.1) is 5.75 Å². The fraction of sp³-hybridized carbons (Fsp3) is 0.118. The number of carbonyl (C=O) groups is 1. The molecule has 3 rings (SSSR count). The minimum absolute atomic E-state index is 0.204. The highest BCUT2D eigenvalue weighted by atomic mass is 32.2. The molecule has 1 amide bonds. The number of fused-ring (bicyclic) bond motifs is 1. The number of carbonyl (C=O) groups excluding carboxylic acids is 1. The van der Waals surface area contributed by atoms with E-state index in [0.29, 0.717) is 5.56 Å². The first kappa shape index (κ1) is 18.5. The molecule has 26 heavy (non-hydrogen) atoms. The molecule has 0 aliphatic carbocycles. The average molecular weight is 394 g/mol. The third kappa shape index (κ3) is 4.25. The Bertz CT molecular complexity index is 1030. The molecule has 0 bridgehead atoms. The van der Waals surface area contributed by atoms with Crippen molar-refractivity contribution >= 4 is 37.4 Å². The van der Waals surface area contributed by atoms with Gasteiger partial charge in [-0.25, -0.2) is 18.3 Å². The SMILES string of the molecule is O=C(NO)C(NS(=O)(=O)Cc1ccc2sccc2c1)c1ccc(F)cc1. The van der Waals surface area contributed by atoms with Gasteiger partial charge in [-0.05, 0) is 52.2 Å². The van der Waals surface area contributed by atoms with E-state index in [2.05, 4.69) is 4.72 Å². The molecule has 0 fully saturated rings. The minimum atomic E-state index is -3.91. The highest BCUT2D eigenvalue weighted by Gasteiger charge is 2.26. The maximum absolute atomic E-state index is 13.1. The van der Waals surface area contributed by atoms with Crippen LogP contribution in [0, 0.1) is 5.82 Å². The van der Waals surface area contributed by atoms with Crippen LogP contribution >= 0.6 is 11.3 Å². The first-order valence-corrected chi connectivity index (χ1v) is 10.1. The lowest BCUT2D eigenvalue weighted by Crippen LogP contribution is -2.39. The lowest BCUT2D eigenvalue weighted by molar-refractivity contribution is -0.131. The van der Waals surface area contributed by atoms with Gasteiger partial charge in [0.1, 0.15) is 11.9 Å². The van der Waals surface area contributed by atoms with Crippen molar-refractivity contribution in [3.05, 3.63) is 70.9 Å². The minimum Gasteiger partial charge on any atom is -0.289 e. The molecule has 0 saturated carbocycles. The maximum Gasteiger partial charge on any atom is 0.266 e. The van der Waals surface area contributed by atoms with Gasteiger partial charge in [-0.15, -0.1) is 11.3 Å². The zero-order valence-corrected chi connectivity index (χ0v) is 15.0. The summed E-state index contributed by atoms with van der Waals surface area (Å²) in [5, 5.41) is 11.7. The second-order valence-corrected chi connectivity index (χ2v) is 8.33. The van der Waals surface area contributed by atoms with Crippen LogP contribution in [0.1, 0.15) is 17.2 Å². The summed E-state index contributed by atoms with van der Waals surface area (Å²) in [5.74, 6) is -1.83. The number of rotatable bonds is 6. The van der Waals surface area contributed by atoms with Gasteiger partial charge in [-0.3, -0.25) is 10.0 Å². The molecule has 0 aliphatic heterocycles. The molecule has 1 atom stereocenters. The number of hydrogen-bond donors (Lipinski definition) is 3. The van der Waals surface area contributed by atoms with E-state index >= 15 is 0 Å². The molecule has 1 unspecified atom stereocenters. The molecular weight excluding hydrogens is 379 g/mol. The first-order chi connectivity index (χ1) is 12.4. The Hall–Kier alpha value is -2.33. The van der Waals surface area contributed by atoms with E-state index in [1.807, 2.05) is 17.5 Å². The molecule has 3 aromatic rings. The number of amides is 1. The number of nitrogens with one attached hydrogen (secondary N) is 2. The molecule has 0 saturated heterocycles. The van der Waals surface area contributed by atoms with Crippen molar-refractivity contribution in [2.24, 2.45) is 0 Å². The average Bonchev–Trinajstić information content (AvgIpc) is 3.07. The third-order valence-electron chi connectivity index (χ3n) is 3.75. The summed E-state index contributed by atoms with van der Waals surface area (Å²) in [6.07, 6.45) is 0. The lowest BCUT2D eigenvalue weighted by atomic mass is 10.1. The van der Waals surface area contributed by atoms with E-state index in [0.717, 1.165) is 22.2 Å². The van der Waals surface area contributed by atoms with E-state index < -0.39 is 27.8 Å². The smallest absolute Gasteiger partial charge is 0.266 e. The third-order valence-corrected chi connectivity index (χ3v) is 5.95. The van der Waals surface area contributed by atoms with E-state index in [1.54, 1.807) is 23.5 Å². The Morgan fingerprint density at radius 3 is 2.58 bits per heavy atom. The van der Waals surface area contributed by atoms with Gasteiger partial charge in [-0.1, -0.05) is 18.2 Å². The molecule has 0 aliphatic rings. The van der Waals surface area contributed by atoms with Crippen molar-refractivity contribution in [3.63, 3.8) is 0 Å². The topological polar surface area (TPSA) is 95.5 Å². The van der Waals surface area contributed by atoms with E-state index in [4.69, 9.17) is 5.21 Å².